The van der Waals surface area contributed by atoms with Gasteiger partial charge in [-0.3, -0.25) is 9.69 Å². The molecule has 1 aliphatic carbocycles. The number of para-hydroxylation sites is 1. The fourth-order valence-corrected chi connectivity index (χ4v) is 4.53. The summed E-state index contributed by atoms with van der Waals surface area (Å²) >= 11 is 0. The first-order valence-electron chi connectivity index (χ1n) is 11.6. The molecule has 1 aliphatic heterocycles. The Morgan fingerprint density at radius 1 is 1.03 bits per heavy atom. The molecule has 1 aromatic heterocycles. The number of piperazine rings is 1. The Hall–Kier alpha value is -2.96. The predicted molar refractivity (Wildman–Crippen MR) is 126 cm³/mol. The molecule has 1 saturated heterocycles. The monoisotopic (exact) mass is 429 g/mol. The molecule has 5 rings (SSSR count). The van der Waals surface area contributed by atoms with Gasteiger partial charge >= 0.3 is 0 Å². The molecular formula is C26H31N5O. The molecule has 2 fully saturated rings. The number of rotatable bonds is 7. The lowest BCUT2D eigenvalue weighted by molar-refractivity contribution is 0.0839. The molecule has 0 radical (unpaired) electrons. The average Bonchev–Trinajstić information content (AvgIpc) is 3.59. The number of carbonyl (C=O) groups is 1. The van der Waals surface area contributed by atoms with Gasteiger partial charge in [-0.25, -0.2) is 4.68 Å². The van der Waals surface area contributed by atoms with Crippen LogP contribution in [0.25, 0.3) is 5.69 Å². The minimum Gasteiger partial charge on any atom is -0.349 e. The van der Waals surface area contributed by atoms with Gasteiger partial charge in [0.2, 0.25) is 0 Å². The molecule has 0 spiro atoms. The van der Waals surface area contributed by atoms with Crippen LogP contribution in [0.3, 0.4) is 0 Å². The highest BCUT2D eigenvalue weighted by molar-refractivity contribution is 5.93. The molecule has 2 aliphatic rings. The van der Waals surface area contributed by atoms with Crippen molar-refractivity contribution in [1.29, 1.82) is 0 Å². The third-order valence-electron chi connectivity index (χ3n) is 6.52. The van der Waals surface area contributed by atoms with E-state index in [4.69, 9.17) is 5.10 Å². The summed E-state index contributed by atoms with van der Waals surface area (Å²) < 4.78 is 1.80. The van der Waals surface area contributed by atoms with Gasteiger partial charge in [0.25, 0.3) is 5.91 Å². The number of hydrogen-bond acceptors (Lipinski definition) is 4. The second-order valence-electron chi connectivity index (χ2n) is 8.96. The van der Waals surface area contributed by atoms with E-state index in [1.54, 1.807) is 4.68 Å². The Morgan fingerprint density at radius 3 is 2.47 bits per heavy atom. The van der Waals surface area contributed by atoms with Crippen LogP contribution in [-0.2, 0) is 0 Å². The number of benzene rings is 2. The highest BCUT2D eigenvalue weighted by Gasteiger charge is 2.29. The summed E-state index contributed by atoms with van der Waals surface area (Å²) in [6.07, 6.45) is 2.33. The molecule has 2 heterocycles. The minimum absolute atomic E-state index is 0.0568. The van der Waals surface area contributed by atoms with E-state index in [2.05, 4.69) is 52.5 Å². The van der Waals surface area contributed by atoms with Gasteiger partial charge in [0.1, 0.15) is 5.69 Å². The lowest BCUT2D eigenvalue weighted by atomic mass is 10.0. The number of likely N-dealkylation sites (N-methyl/N-ethyl adjacent to an activating group) is 1. The second-order valence-corrected chi connectivity index (χ2v) is 8.96. The summed E-state index contributed by atoms with van der Waals surface area (Å²) in [6, 6.07) is 22.9. The van der Waals surface area contributed by atoms with E-state index in [-0.39, 0.29) is 5.91 Å². The zero-order chi connectivity index (χ0) is 21.9. The highest BCUT2D eigenvalue weighted by atomic mass is 16.2. The number of nitrogens with one attached hydrogen (secondary N) is 1. The minimum atomic E-state index is -0.0568. The summed E-state index contributed by atoms with van der Waals surface area (Å²) in [5.41, 5.74) is 3.91. The standard InChI is InChI=1S/C26H31N5O/c1-29-16-17-30(25(19-29)21-8-4-2-5-9-21)15-14-27-26(32)24-18-23(20-12-13-20)28-31(24)22-10-6-3-7-11-22/h2-11,18,20,25H,12-17,19H2,1H3,(H,27,32). The number of nitrogens with zero attached hydrogens (tertiary/aromatic N) is 4. The lowest BCUT2D eigenvalue weighted by Gasteiger charge is -2.40. The Bertz CT molecular complexity index is 1040. The summed E-state index contributed by atoms with van der Waals surface area (Å²) in [5, 5.41) is 7.92. The highest BCUT2D eigenvalue weighted by Crippen LogP contribution is 2.39. The third kappa shape index (κ3) is 4.61. The maximum Gasteiger partial charge on any atom is 0.270 e. The van der Waals surface area contributed by atoms with Crippen LogP contribution in [0, 0.1) is 0 Å². The van der Waals surface area contributed by atoms with Gasteiger partial charge < -0.3 is 10.2 Å². The summed E-state index contributed by atoms with van der Waals surface area (Å²) in [7, 11) is 2.18. The van der Waals surface area contributed by atoms with Crippen molar-refractivity contribution in [3.05, 3.63) is 83.7 Å². The van der Waals surface area contributed by atoms with E-state index < -0.39 is 0 Å². The van der Waals surface area contributed by atoms with Crippen LogP contribution in [-0.4, -0.2) is 65.3 Å². The first-order valence-corrected chi connectivity index (χ1v) is 11.6. The van der Waals surface area contributed by atoms with Crippen molar-refractivity contribution in [3.8, 4) is 5.69 Å². The first kappa shape index (κ1) is 20.9. The van der Waals surface area contributed by atoms with Crippen LogP contribution in [0.15, 0.2) is 66.7 Å². The molecule has 166 valence electrons. The van der Waals surface area contributed by atoms with E-state index in [0.717, 1.165) is 50.4 Å². The molecule has 6 nitrogen and oxygen atoms in total. The fourth-order valence-electron chi connectivity index (χ4n) is 4.53. The number of amides is 1. The van der Waals surface area contributed by atoms with Gasteiger partial charge in [0.05, 0.1) is 11.4 Å². The molecule has 1 amide bonds. The largest absolute Gasteiger partial charge is 0.349 e. The Labute approximate surface area is 189 Å². The fraction of sp³-hybridized carbons (Fsp3) is 0.385. The Kier molecular flexibility index (Phi) is 6.06. The topological polar surface area (TPSA) is 53.4 Å². The van der Waals surface area contributed by atoms with Gasteiger partial charge in [-0.1, -0.05) is 48.5 Å². The molecule has 0 bridgehead atoms. The van der Waals surface area contributed by atoms with Gasteiger partial charge in [0, 0.05) is 44.7 Å². The molecule has 3 aromatic rings. The third-order valence-corrected chi connectivity index (χ3v) is 6.52. The molecular weight excluding hydrogens is 398 g/mol. The maximum absolute atomic E-state index is 13.1. The molecule has 2 aromatic carbocycles. The van der Waals surface area contributed by atoms with Gasteiger partial charge in [0.15, 0.2) is 0 Å². The lowest BCUT2D eigenvalue weighted by Crippen LogP contribution is -2.49. The van der Waals surface area contributed by atoms with E-state index in [0.29, 0.717) is 24.2 Å². The Balaban J connectivity index is 1.27. The van der Waals surface area contributed by atoms with Crippen molar-refractivity contribution in [2.24, 2.45) is 0 Å². The van der Waals surface area contributed by atoms with Gasteiger partial charge in [-0.05, 0) is 43.7 Å². The van der Waals surface area contributed by atoms with E-state index in [1.165, 1.54) is 5.56 Å². The van der Waals surface area contributed by atoms with Crippen LogP contribution in [0.4, 0.5) is 0 Å². The summed E-state index contributed by atoms with van der Waals surface area (Å²) in [4.78, 5) is 18.0. The van der Waals surface area contributed by atoms with E-state index in [9.17, 15) is 4.79 Å². The van der Waals surface area contributed by atoms with Gasteiger partial charge in [-0.15, -0.1) is 0 Å². The van der Waals surface area contributed by atoms with Crippen molar-refractivity contribution in [2.75, 3.05) is 39.8 Å². The molecule has 1 N–H and O–H groups in total. The normalized spacial score (nSPS) is 19.7. The Morgan fingerprint density at radius 2 is 1.75 bits per heavy atom. The molecule has 6 heteroatoms. The number of aromatic nitrogens is 2. The van der Waals surface area contributed by atoms with Crippen LogP contribution in [0.2, 0.25) is 0 Å². The van der Waals surface area contributed by atoms with Crippen LogP contribution < -0.4 is 5.32 Å². The van der Waals surface area contributed by atoms with Crippen molar-refractivity contribution in [1.82, 2.24) is 24.9 Å². The molecule has 1 saturated carbocycles. The summed E-state index contributed by atoms with van der Waals surface area (Å²) in [5.74, 6) is 0.446. The second kappa shape index (κ2) is 9.27. The molecule has 32 heavy (non-hydrogen) atoms. The van der Waals surface area contributed by atoms with Gasteiger partial charge in [-0.2, -0.15) is 5.10 Å². The zero-order valence-electron chi connectivity index (χ0n) is 18.7. The average molecular weight is 430 g/mol. The number of carbonyl (C=O) groups excluding carboxylic acids is 1. The van der Waals surface area contributed by atoms with Crippen molar-refractivity contribution < 1.29 is 4.79 Å². The van der Waals surface area contributed by atoms with E-state index in [1.807, 2.05) is 36.4 Å². The predicted octanol–water partition coefficient (Wildman–Crippen LogP) is 3.47. The van der Waals surface area contributed by atoms with Crippen LogP contribution in [0.5, 0.6) is 0 Å². The zero-order valence-corrected chi connectivity index (χ0v) is 18.7. The maximum atomic E-state index is 13.1. The smallest absolute Gasteiger partial charge is 0.270 e. The summed E-state index contributed by atoms with van der Waals surface area (Å²) in [6.45, 7) is 4.49. The number of hydrogen-bond donors (Lipinski definition) is 1. The van der Waals surface area contributed by atoms with Crippen LogP contribution in [0.1, 0.15) is 46.5 Å². The van der Waals surface area contributed by atoms with Crippen molar-refractivity contribution in [3.63, 3.8) is 0 Å². The first-order chi connectivity index (χ1) is 15.7. The molecule has 1 atom stereocenters. The quantitative estimate of drug-likeness (QED) is 0.625. The SMILES string of the molecule is CN1CCN(CCNC(=O)c2cc(C3CC3)nn2-c2ccccc2)C(c2ccccc2)C1. The van der Waals surface area contributed by atoms with Crippen LogP contribution >= 0.6 is 0 Å². The molecule has 1 unspecified atom stereocenters. The van der Waals surface area contributed by atoms with Crippen molar-refractivity contribution in [2.45, 2.75) is 24.8 Å². The van der Waals surface area contributed by atoms with Crippen molar-refractivity contribution >= 4 is 5.91 Å². The van der Waals surface area contributed by atoms with E-state index >= 15 is 0 Å².